The lowest BCUT2D eigenvalue weighted by Gasteiger charge is -2.17. The third-order valence-electron chi connectivity index (χ3n) is 2.15. The molecular formula is C10H9IO2. The van der Waals surface area contributed by atoms with Crippen LogP contribution in [0.3, 0.4) is 0 Å². The van der Waals surface area contributed by atoms with E-state index in [-0.39, 0.29) is 5.78 Å². The SMILES string of the molecule is Cc1cc2c(cc1I)C(=O)CCO2. The first-order valence-corrected chi connectivity index (χ1v) is 5.22. The molecule has 1 aliphatic heterocycles. The molecule has 2 nitrogen and oxygen atoms in total. The van der Waals surface area contributed by atoms with Crippen molar-refractivity contribution in [1.29, 1.82) is 0 Å². The molecule has 0 bridgehead atoms. The predicted octanol–water partition coefficient (Wildman–Crippen LogP) is 2.56. The predicted molar refractivity (Wildman–Crippen MR) is 58.3 cm³/mol. The van der Waals surface area contributed by atoms with Crippen LogP contribution < -0.4 is 4.74 Å². The number of hydrogen-bond acceptors (Lipinski definition) is 2. The summed E-state index contributed by atoms with van der Waals surface area (Å²) >= 11 is 2.23. The Labute approximate surface area is 90.4 Å². The van der Waals surface area contributed by atoms with E-state index in [1.54, 1.807) is 0 Å². The molecule has 0 fully saturated rings. The minimum atomic E-state index is 0.194. The van der Waals surface area contributed by atoms with E-state index in [0.29, 0.717) is 13.0 Å². The summed E-state index contributed by atoms with van der Waals surface area (Å²) in [7, 11) is 0. The normalized spacial score (nSPS) is 15.1. The quantitative estimate of drug-likeness (QED) is 0.686. The van der Waals surface area contributed by atoms with Gasteiger partial charge in [0.25, 0.3) is 0 Å². The number of carbonyl (C=O) groups excluding carboxylic acids is 1. The number of ether oxygens (including phenoxy) is 1. The van der Waals surface area contributed by atoms with Gasteiger partial charge in [-0.25, -0.2) is 0 Å². The fourth-order valence-electron chi connectivity index (χ4n) is 1.38. The maximum atomic E-state index is 11.5. The first kappa shape index (κ1) is 8.99. The second-order valence-corrected chi connectivity index (χ2v) is 4.28. The highest BCUT2D eigenvalue weighted by molar-refractivity contribution is 14.1. The number of hydrogen-bond donors (Lipinski definition) is 0. The molecule has 3 heteroatoms. The van der Waals surface area contributed by atoms with Crippen molar-refractivity contribution in [1.82, 2.24) is 0 Å². The summed E-state index contributed by atoms with van der Waals surface area (Å²) in [6, 6.07) is 3.85. The van der Waals surface area contributed by atoms with Crippen molar-refractivity contribution in [2.75, 3.05) is 6.61 Å². The van der Waals surface area contributed by atoms with Crippen LogP contribution in [0.5, 0.6) is 5.75 Å². The van der Waals surface area contributed by atoms with Gasteiger partial charge in [0.1, 0.15) is 5.75 Å². The van der Waals surface area contributed by atoms with Gasteiger partial charge in [-0.1, -0.05) is 0 Å². The standard InChI is InChI=1S/C10H9IO2/c1-6-4-10-7(5-8(6)11)9(12)2-3-13-10/h4-5H,2-3H2,1H3. The first-order valence-electron chi connectivity index (χ1n) is 4.14. The molecule has 0 unspecified atom stereocenters. The Morgan fingerprint density at radius 1 is 1.46 bits per heavy atom. The Balaban J connectivity index is 2.58. The van der Waals surface area contributed by atoms with Gasteiger partial charge in [0.05, 0.1) is 12.2 Å². The van der Waals surface area contributed by atoms with Crippen molar-refractivity contribution in [2.45, 2.75) is 13.3 Å². The second kappa shape index (κ2) is 3.29. The van der Waals surface area contributed by atoms with Crippen LogP contribution in [0.1, 0.15) is 22.3 Å². The summed E-state index contributed by atoms with van der Waals surface area (Å²) in [5.74, 6) is 0.938. The van der Waals surface area contributed by atoms with Crippen molar-refractivity contribution >= 4 is 28.4 Å². The molecule has 0 saturated heterocycles. The monoisotopic (exact) mass is 288 g/mol. The second-order valence-electron chi connectivity index (χ2n) is 3.12. The molecule has 13 heavy (non-hydrogen) atoms. The highest BCUT2D eigenvalue weighted by atomic mass is 127. The molecule has 0 aromatic heterocycles. The molecular weight excluding hydrogens is 279 g/mol. The number of carbonyl (C=O) groups is 1. The Hall–Kier alpha value is -0.580. The highest BCUT2D eigenvalue weighted by Gasteiger charge is 2.19. The van der Waals surface area contributed by atoms with E-state index in [0.717, 1.165) is 20.4 Å². The summed E-state index contributed by atoms with van der Waals surface area (Å²) in [5, 5.41) is 0. The van der Waals surface area contributed by atoms with Crippen LogP contribution in [0.2, 0.25) is 0 Å². The number of halogens is 1. The number of Topliss-reactive ketones (excluding diaryl/α,β-unsaturated/α-hetero) is 1. The van der Waals surface area contributed by atoms with Gasteiger partial charge in [0.2, 0.25) is 0 Å². The lowest BCUT2D eigenvalue weighted by atomic mass is 10.0. The van der Waals surface area contributed by atoms with E-state index in [9.17, 15) is 4.79 Å². The van der Waals surface area contributed by atoms with Gasteiger partial charge in [-0.3, -0.25) is 4.79 Å². The minimum absolute atomic E-state index is 0.194. The van der Waals surface area contributed by atoms with Gasteiger partial charge >= 0.3 is 0 Å². The van der Waals surface area contributed by atoms with Crippen LogP contribution in [0, 0.1) is 10.5 Å². The van der Waals surface area contributed by atoms with Crippen molar-refractivity contribution < 1.29 is 9.53 Å². The van der Waals surface area contributed by atoms with Gasteiger partial charge in [-0.15, -0.1) is 0 Å². The van der Waals surface area contributed by atoms with Crippen LogP contribution in [-0.2, 0) is 0 Å². The largest absolute Gasteiger partial charge is 0.492 e. The Morgan fingerprint density at radius 3 is 3.00 bits per heavy atom. The molecule has 0 spiro atoms. The molecule has 1 heterocycles. The molecule has 0 saturated carbocycles. The summed E-state index contributed by atoms with van der Waals surface area (Å²) in [5.41, 5.74) is 1.90. The summed E-state index contributed by atoms with van der Waals surface area (Å²) in [6.07, 6.45) is 0.506. The van der Waals surface area contributed by atoms with Crippen LogP contribution >= 0.6 is 22.6 Å². The molecule has 1 aromatic rings. The average Bonchev–Trinajstić information content (AvgIpc) is 2.09. The molecule has 1 aromatic carbocycles. The zero-order chi connectivity index (χ0) is 9.42. The van der Waals surface area contributed by atoms with E-state index < -0.39 is 0 Å². The number of aryl methyl sites for hydroxylation is 1. The Bertz CT molecular complexity index is 371. The van der Waals surface area contributed by atoms with Gasteiger partial charge in [0, 0.05) is 9.99 Å². The maximum Gasteiger partial charge on any atom is 0.170 e. The van der Waals surface area contributed by atoms with Crippen LogP contribution in [0.4, 0.5) is 0 Å². The van der Waals surface area contributed by atoms with E-state index in [2.05, 4.69) is 22.6 Å². The summed E-state index contributed by atoms with van der Waals surface area (Å²) in [4.78, 5) is 11.5. The number of benzene rings is 1. The van der Waals surface area contributed by atoms with Gasteiger partial charge < -0.3 is 4.74 Å². The topological polar surface area (TPSA) is 26.3 Å². The van der Waals surface area contributed by atoms with E-state index in [1.165, 1.54) is 0 Å². The fourth-order valence-corrected chi connectivity index (χ4v) is 1.85. The molecule has 2 rings (SSSR count). The molecule has 0 N–H and O–H groups in total. The third-order valence-corrected chi connectivity index (χ3v) is 3.31. The van der Waals surface area contributed by atoms with Gasteiger partial charge in [-0.2, -0.15) is 0 Å². The van der Waals surface area contributed by atoms with Crippen molar-refractivity contribution in [2.24, 2.45) is 0 Å². The fraction of sp³-hybridized carbons (Fsp3) is 0.300. The van der Waals surface area contributed by atoms with Crippen molar-refractivity contribution in [3.05, 3.63) is 26.8 Å². The van der Waals surface area contributed by atoms with E-state index in [4.69, 9.17) is 4.74 Å². The molecule has 0 aliphatic carbocycles. The number of fused-ring (bicyclic) bond motifs is 1. The lowest BCUT2D eigenvalue weighted by molar-refractivity contribution is 0.0933. The van der Waals surface area contributed by atoms with E-state index in [1.807, 2.05) is 19.1 Å². The summed E-state index contributed by atoms with van der Waals surface area (Å²) in [6.45, 7) is 2.54. The third kappa shape index (κ3) is 1.57. The molecule has 68 valence electrons. The number of ketones is 1. The zero-order valence-corrected chi connectivity index (χ0v) is 9.42. The van der Waals surface area contributed by atoms with Crippen molar-refractivity contribution in [3.63, 3.8) is 0 Å². The van der Waals surface area contributed by atoms with Crippen molar-refractivity contribution in [3.8, 4) is 5.75 Å². The highest BCUT2D eigenvalue weighted by Crippen LogP contribution is 2.28. The number of rotatable bonds is 0. The van der Waals surface area contributed by atoms with E-state index >= 15 is 0 Å². The Kier molecular flexibility index (Phi) is 2.27. The zero-order valence-electron chi connectivity index (χ0n) is 7.26. The average molecular weight is 288 g/mol. The van der Waals surface area contributed by atoms with Gasteiger partial charge in [-0.05, 0) is 47.2 Å². The summed E-state index contributed by atoms with van der Waals surface area (Å²) < 4.78 is 6.53. The Morgan fingerprint density at radius 2 is 2.23 bits per heavy atom. The van der Waals surface area contributed by atoms with Crippen LogP contribution in [-0.4, -0.2) is 12.4 Å². The lowest BCUT2D eigenvalue weighted by Crippen LogP contribution is -2.15. The first-order chi connectivity index (χ1) is 6.18. The molecule has 0 atom stereocenters. The van der Waals surface area contributed by atoms with Crippen LogP contribution in [0.25, 0.3) is 0 Å². The van der Waals surface area contributed by atoms with Crippen LogP contribution in [0.15, 0.2) is 12.1 Å². The van der Waals surface area contributed by atoms with Gasteiger partial charge in [0.15, 0.2) is 5.78 Å². The maximum absolute atomic E-state index is 11.5. The molecule has 0 radical (unpaired) electrons. The minimum Gasteiger partial charge on any atom is -0.492 e. The smallest absolute Gasteiger partial charge is 0.170 e. The molecule has 1 aliphatic rings. The molecule has 0 amide bonds.